The molecule has 1 aliphatic heterocycles. The van der Waals surface area contributed by atoms with E-state index in [0.717, 1.165) is 4.31 Å². The van der Waals surface area contributed by atoms with E-state index in [1.807, 2.05) is 0 Å². The van der Waals surface area contributed by atoms with Crippen LogP contribution in [0.1, 0.15) is 12.8 Å². The fraction of sp³-hybridized carbons (Fsp3) is 0.857. The number of rotatable bonds is 2. The van der Waals surface area contributed by atoms with Crippen LogP contribution < -0.4 is 5.14 Å². The second-order valence-electron chi connectivity index (χ2n) is 3.55. The average molecular weight is 258 g/mol. The molecule has 90 valence electrons. The number of hydrogen-bond donors (Lipinski definition) is 1. The fourth-order valence-corrected chi connectivity index (χ4v) is 2.52. The van der Waals surface area contributed by atoms with Gasteiger partial charge in [-0.3, -0.25) is 4.79 Å². The van der Waals surface area contributed by atoms with Gasteiger partial charge in [-0.2, -0.15) is 12.7 Å². The second-order valence-corrected chi connectivity index (χ2v) is 5.05. The standard InChI is InChI=1S/C7H15N3O3S.ClH/c1-9(2)7(11)6-4-3-5-10(6)14(8,12)13;/h6H,3-5H2,1-2H3,(H2,8,12,13);1H. The summed E-state index contributed by atoms with van der Waals surface area (Å²) in [6, 6.07) is -0.611. The quantitative estimate of drug-likeness (QED) is 0.700. The number of carbonyl (C=O) groups excluding carboxylic acids is 1. The molecule has 0 aromatic heterocycles. The Morgan fingerprint density at radius 1 is 1.47 bits per heavy atom. The van der Waals surface area contributed by atoms with E-state index in [1.165, 1.54) is 4.90 Å². The van der Waals surface area contributed by atoms with Crippen molar-refractivity contribution in [2.75, 3.05) is 20.6 Å². The Bertz CT molecular complexity index is 330. The molecule has 6 nitrogen and oxygen atoms in total. The first-order valence-corrected chi connectivity index (χ1v) is 5.85. The number of nitrogens with two attached hydrogens (primary N) is 1. The average Bonchev–Trinajstić information content (AvgIpc) is 2.48. The van der Waals surface area contributed by atoms with Gasteiger partial charge in [0.2, 0.25) is 5.91 Å². The van der Waals surface area contributed by atoms with Crippen molar-refractivity contribution in [3.8, 4) is 0 Å². The van der Waals surface area contributed by atoms with Crippen molar-refractivity contribution in [1.82, 2.24) is 9.21 Å². The number of likely N-dealkylation sites (N-methyl/N-ethyl adjacent to an activating group) is 1. The van der Waals surface area contributed by atoms with Gasteiger partial charge in [0.25, 0.3) is 10.2 Å². The summed E-state index contributed by atoms with van der Waals surface area (Å²) in [4.78, 5) is 12.9. The molecule has 0 aromatic rings. The summed E-state index contributed by atoms with van der Waals surface area (Å²) in [6.45, 7) is 0.336. The van der Waals surface area contributed by atoms with Crippen LogP contribution in [-0.2, 0) is 15.0 Å². The zero-order valence-electron chi connectivity index (χ0n) is 8.71. The van der Waals surface area contributed by atoms with Gasteiger partial charge in [-0.15, -0.1) is 12.4 Å². The zero-order chi connectivity index (χ0) is 10.9. The van der Waals surface area contributed by atoms with Gasteiger partial charge in [0.05, 0.1) is 0 Å². The van der Waals surface area contributed by atoms with Gasteiger partial charge in [0.15, 0.2) is 0 Å². The molecule has 1 unspecified atom stereocenters. The van der Waals surface area contributed by atoms with Crippen molar-refractivity contribution < 1.29 is 13.2 Å². The normalized spacial score (nSPS) is 22.2. The minimum Gasteiger partial charge on any atom is -0.347 e. The highest BCUT2D eigenvalue weighted by molar-refractivity contribution is 7.86. The van der Waals surface area contributed by atoms with Crippen LogP contribution in [0.4, 0.5) is 0 Å². The number of hydrogen-bond acceptors (Lipinski definition) is 3. The Kier molecular flexibility index (Phi) is 4.98. The van der Waals surface area contributed by atoms with Crippen LogP contribution in [-0.4, -0.2) is 50.2 Å². The topological polar surface area (TPSA) is 83.7 Å². The second kappa shape index (κ2) is 5.11. The van der Waals surface area contributed by atoms with Crippen molar-refractivity contribution in [2.24, 2.45) is 5.14 Å². The number of amides is 1. The van der Waals surface area contributed by atoms with Crippen molar-refractivity contribution >= 4 is 28.5 Å². The summed E-state index contributed by atoms with van der Waals surface area (Å²) in [5.41, 5.74) is 0. The summed E-state index contributed by atoms with van der Waals surface area (Å²) in [6.07, 6.45) is 1.23. The van der Waals surface area contributed by atoms with Gasteiger partial charge >= 0.3 is 0 Å². The molecule has 1 aliphatic rings. The molecule has 1 amide bonds. The molecule has 1 atom stereocenters. The Balaban J connectivity index is 0.00000196. The molecule has 0 bridgehead atoms. The molecular formula is C7H16ClN3O3S. The zero-order valence-corrected chi connectivity index (χ0v) is 10.3. The highest BCUT2D eigenvalue weighted by Gasteiger charge is 2.37. The molecule has 1 rings (SSSR count). The van der Waals surface area contributed by atoms with Gasteiger partial charge < -0.3 is 4.90 Å². The number of halogens is 1. The molecule has 1 fully saturated rings. The molecule has 1 saturated heterocycles. The van der Waals surface area contributed by atoms with Crippen LogP contribution in [0.2, 0.25) is 0 Å². The minimum absolute atomic E-state index is 0. The van der Waals surface area contributed by atoms with Crippen LogP contribution in [0.5, 0.6) is 0 Å². The van der Waals surface area contributed by atoms with Gasteiger partial charge in [-0.1, -0.05) is 0 Å². The largest absolute Gasteiger partial charge is 0.347 e. The van der Waals surface area contributed by atoms with E-state index in [4.69, 9.17) is 5.14 Å². The van der Waals surface area contributed by atoms with E-state index < -0.39 is 16.3 Å². The van der Waals surface area contributed by atoms with Gasteiger partial charge in [-0.05, 0) is 12.8 Å². The van der Waals surface area contributed by atoms with E-state index >= 15 is 0 Å². The van der Waals surface area contributed by atoms with Gasteiger partial charge in [-0.25, -0.2) is 5.14 Å². The van der Waals surface area contributed by atoms with Crippen LogP contribution >= 0.6 is 12.4 Å². The first-order chi connectivity index (χ1) is 6.34. The van der Waals surface area contributed by atoms with Gasteiger partial charge in [0, 0.05) is 20.6 Å². The molecule has 0 spiro atoms. The molecular weight excluding hydrogens is 242 g/mol. The molecule has 1 heterocycles. The lowest BCUT2D eigenvalue weighted by Crippen LogP contribution is -2.47. The monoisotopic (exact) mass is 257 g/mol. The molecule has 0 aromatic carbocycles. The maximum atomic E-state index is 11.6. The van der Waals surface area contributed by atoms with Crippen molar-refractivity contribution in [3.63, 3.8) is 0 Å². The lowest BCUT2D eigenvalue weighted by molar-refractivity contribution is -0.132. The summed E-state index contributed by atoms with van der Waals surface area (Å²) in [7, 11) is -0.546. The smallest absolute Gasteiger partial charge is 0.277 e. The first kappa shape index (κ1) is 14.6. The SMILES string of the molecule is CN(C)C(=O)C1CCCN1S(N)(=O)=O.Cl. The fourth-order valence-electron chi connectivity index (χ4n) is 1.59. The third kappa shape index (κ3) is 3.30. The van der Waals surface area contributed by atoms with E-state index in [1.54, 1.807) is 14.1 Å². The van der Waals surface area contributed by atoms with Crippen LogP contribution in [0, 0.1) is 0 Å². The summed E-state index contributed by atoms with van der Waals surface area (Å²) < 4.78 is 23.3. The molecule has 0 aliphatic carbocycles. The Hall–Kier alpha value is -0.370. The van der Waals surface area contributed by atoms with Crippen molar-refractivity contribution in [2.45, 2.75) is 18.9 Å². The van der Waals surface area contributed by atoms with E-state index in [0.29, 0.717) is 19.4 Å². The maximum absolute atomic E-state index is 11.6. The maximum Gasteiger partial charge on any atom is 0.277 e. The third-order valence-corrected chi connectivity index (χ3v) is 3.35. The molecule has 0 radical (unpaired) electrons. The third-order valence-electron chi connectivity index (χ3n) is 2.26. The van der Waals surface area contributed by atoms with E-state index in [9.17, 15) is 13.2 Å². The summed E-state index contributed by atoms with van der Waals surface area (Å²) >= 11 is 0. The highest BCUT2D eigenvalue weighted by Crippen LogP contribution is 2.20. The van der Waals surface area contributed by atoms with Crippen LogP contribution in [0.3, 0.4) is 0 Å². The summed E-state index contributed by atoms with van der Waals surface area (Å²) in [5, 5.41) is 5.00. The highest BCUT2D eigenvalue weighted by atomic mass is 35.5. The molecule has 8 heteroatoms. The first-order valence-electron chi connectivity index (χ1n) is 4.35. The predicted octanol–water partition coefficient (Wildman–Crippen LogP) is -0.836. The molecule has 2 N–H and O–H groups in total. The lowest BCUT2D eigenvalue weighted by atomic mass is 10.2. The lowest BCUT2D eigenvalue weighted by Gasteiger charge is -2.23. The van der Waals surface area contributed by atoms with Gasteiger partial charge in [0.1, 0.15) is 6.04 Å². The van der Waals surface area contributed by atoms with E-state index in [2.05, 4.69) is 0 Å². The predicted molar refractivity (Wildman–Crippen MR) is 58.8 cm³/mol. The van der Waals surface area contributed by atoms with Crippen LogP contribution in [0.15, 0.2) is 0 Å². The van der Waals surface area contributed by atoms with Crippen molar-refractivity contribution in [1.29, 1.82) is 0 Å². The Labute approximate surface area is 96.0 Å². The molecule has 15 heavy (non-hydrogen) atoms. The minimum atomic E-state index is -3.74. The number of carbonyl (C=O) groups is 1. The summed E-state index contributed by atoms with van der Waals surface area (Å²) in [5.74, 6) is -0.212. The van der Waals surface area contributed by atoms with Crippen LogP contribution in [0.25, 0.3) is 0 Å². The molecule has 0 saturated carbocycles. The van der Waals surface area contributed by atoms with Crippen molar-refractivity contribution in [3.05, 3.63) is 0 Å². The number of nitrogens with zero attached hydrogens (tertiary/aromatic N) is 2. The van der Waals surface area contributed by atoms with E-state index in [-0.39, 0.29) is 18.3 Å². The Morgan fingerprint density at radius 3 is 2.40 bits per heavy atom. The Morgan fingerprint density at radius 2 is 2.00 bits per heavy atom.